The molecular formula is C15H12ClN3OS2. The highest BCUT2D eigenvalue weighted by Gasteiger charge is 2.09. The summed E-state index contributed by atoms with van der Waals surface area (Å²) in [6.45, 7) is 0. The van der Waals surface area contributed by atoms with Gasteiger partial charge in [-0.3, -0.25) is 5.32 Å². The molecule has 7 heteroatoms. The smallest absolute Gasteiger partial charge is 0.306 e. The number of urea groups is 1. The zero-order valence-electron chi connectivity index (χ0n) is 11.6. The van der Waals surface area contributed by atoms with E-state index in [-0.39, 0.29) is 6.03 Å². The fourth-order valence-corrected chi connectivity index (χ4v) is 3.50. The maximum Gasteiger partial charge on any atom is 0.325 e. The van der Waals surface area contributed by atoms with Gasteiger partial charge < -0.3 is 5.32 Å². The minimum Gasteiger partial charge on any atom is -0.306 e. The first kappa shape index (κ1) is 15.1. The van der Waals surface area contributed by atoms with E-state index in [9.17, 15) is 4.79 Å². The molecule has 3 aromatic rings. The first-order valence-electron chi connectivity index (χ1n) is 6.43. The van der Waals surface area contributed by atoms with Crippen LogP contribution in [0.4, 0.5) is 15.6 Å². The van der Waals surface area contributed by atoms with E-state index in [1.807, 2.05) is 30.5 Å². The minimum absolute atomic E-state index is 0.364. The molecule has 112 valence electrons. The largest absolute Gasteiger partial charge is 0.325 e. The first-order chi connectivity index (χ1) is 10.7. The molecule has 4 nitrogen and oxygen atoms in total. The summed E-state index contributed by atoms with van der Waals surface area (Å²) in [6, 6.07) is 12.7. The highest BCUT2D eigenvalue weighted by atomic mass is 35.5. The fraction of sp³-hybridized carbons (Fsp3) is 0.0667. The zero-order valence-corrected chi connectivity index (χ0v) is 14.0. The van der Waals surface area contributed by atoms with Crippen molar-refractivity contribution in [2.45, 2.75) is 4.90 Å². The predicted octanol–water partition coefficient (Wildman–Crippen LogP) is 5.32. The Bertz CT molecular complexity index is 835. The molecule has 0 fully saturated rings. The average Bonchev–Trinajstić information content (AvgIpc) is 2.90. The number of carbonyl (C=O) groups excluding carboxylic acids is 1. The van der Waals surface area contributed by atoms with Crippen LogP contribution in [-0.4, -0.2) is 17.3 Å². The van der Waals surface area contributed by atoms with Gasteiger partial charge in [0, 0.05) is 4.90 Å². The van der Waals surface area contributed by atoms with E-state index in [0.717, 1.165) is 10.2 Å². The molecule has 0 aliphatic rings. The van der Waals surface area contributed by atoms with Crippen LogP contribution in [0.3, 0.4) is 0 Å². The number of para-hydroxylation sites is 1. The second kappa shape index (κ2) is 6.56. The maximum atomic E-state index is 12.0. The van der Waals surface area contributed by atoms with Gasteiger partial charge in [0.1, 0.15) is 0 Å². The number of fused-ring (bicyclic) bond motifs is 1. The number of thioether (sulfide) groups is 1. The lowest BCUT2D eigenvalue weighted by atomic mass is 10.3. The lowest BCUT2D eigenvalue weighted by Gasteiger charge is -2.06. The molecule has 0 radical (unpaired) electrons. The van der Waals surface area contributed by atoms with Crippen molar-refractivity contribution in [3.63, 3.8) is 0 Å². The molecule has 0 saturated heterocycles. The lowest BCUT2D eigenvalue weighted by Crippen LogP contribution is -2.19. The van der Waals surface area contributed by atoms with E-state index in [4.69, 9.17) is 11.6 Å². The Kier molecular flexibility index (Phi) is 4.52. The molecule has 0 unspecified atom stereocenters. The molecule has 0 saturated carbocycles. The quantitative estimate of drug-likeness (QED) is 0.629. The predicted molar refractivity (Wildman–Crippen MR) is 95.5 cm³/mol. The lowest BCUT2D eigenvalue weighted by molar-refractivity contribution is 0.262. The second-order valence-corrected chi connectivity index (χ2v) is 6.73. The number of benzene rings is 2. The summed E-state index contributed by atoms with van der Waals surface area (Å²) in [4.78, 5) is 17.6. The van der Waals surface area contributed by atoms with E-state index < -0.39 is 0 Å². The van der Waals surface area contributed by atoms with Gasteiger partial charge >= 0.3 is 6.03 Å². The van der Waals surface area contributed by atoms with Crippen molar-refractivity contribution in [3.8, 4) is 0 Å². The van der Waals surface area contributed by atoms with Crippen LogP contribution < -0.4 is 10.6 Å². The molecule has 0 aliphatic carbocycles. The SMILES string of the molecule is CSc1ccc2nc(NC(=O)Nc3ccccc3Cl)sc2c1. The fourth-order valence-electron chi connectivity index (χ4n) is 1.90. The topological polar surface area (TPSA) is 54.0 Å². The van der Waals surface area contributed by atoms with Gasteiger partial charge in [-0.05, 0) is 36.6 Å². The summed E-state index contributed by atoms with van der Waals surface area (Å²) >= 11 is 9.13. The number of hydrogen-bond acceptors (Lipinski definition) is 4. The summed E-state index contributed by atoms with van der Waals surface area (Å²) in [7, 11) is 0. The van der Waals surface area contributed by atoms with E-state index >= 15 is 0 Å². The third-order valence-electron chi connectivity index (χ3n) is 2.94. The molecule has 1 aromatic heterocycles. The van der Waals surface area contributed by atoms with Gasteiger partial charge in [0.25, 0.3) is 0 Å². The molecule has 3 rings (SSSR count). The van der Waals surface area contributed by atoms with Crippen molar-refractivity contribution in [2.24, 2.45) is 0 Å². The molecule has 0 aliphatic heterocycles. The van der Waals surface area contributed by atoms with Crippen molar-refractivity contribution in [3.05, 3.63) is 47.5 Å². The van der Waals surface area contributed by atoms with Crippen LogP contribution in [0.15, 0.2) is 47.4 Å². The number of rotatable bonds is 3. The van der Waals surface area contributed by atoms with E-state index in [0.29, 0.717) is 15.8 Å². The highest BCUT2D eigenvalue weighted by molar-refractivity contribution is 7.98. The van der Waals surface area contributed by atoms with Crippen LogP contribution in [0.25, 0.3) is 10.2 Å². The van der Waals surface area contributed by atoms with Crippen LogP contribution in [0.5, 0.6) is 0 Å². The number of nitrogens with zero attached hydrogens (tertiary/aromatic N) is 1. The van der Waals surface area contributed by atoms with Crippen LogP contribution in [0.2, 0.25) is 5.02 Å². The van der Waals surface area contributed by atoms with Crippen molar-refractivity contribution in [2.75, 3.05) is 16.9 Å². The van der Waals surface area contributed by atoms with Gasteiger partial charge in [0.05, 0.1) is 20.9 Å². The summed E-state index contributed by atoms with van der Waals surface area (Å²) in [5, 5.41) is 6.49. The molecule has 2 N–H and O–H groups in total. The van der Waals surface area contributed by atoms with Crippen molar-refractivity contribution in [1.29, 1.82) is 0 Å². The number of anilines is 2. The van der Waals surface area contributed by atoms with Crippen LogP contribution in [0, 0.1) is 0 Å². The Labute approximate surface area is 140 Å². The average molecular weight is 350 g/mol. The van der Waals surface area contributed by atoms with Crippen molar-refractivity contribution < 1.29 is 4.79 Å². The van der Waals surface area contributed by atoms with Gasteiger partial charge in [-0.1, -0.05) is 35.1 Å². The highest BCUT2D eigenvalue weighted by Crippen LogP contribution is 2.29. The van der Waals surface area contributed by atoms with E-state index in [1.165, 1.54) is 16.2 Å². The standard InChI is InChI=1S/C15H12ClN3OS2/c1-21-9-6-7-12-13(8-9)22-15(18-12)19-14(20)17-11-5-3-2-4-10(11)16/h2-8H,1H3,(H2,17,18,19,20). The summed E-state index contributed by atoms with van der Waals surface area (Å²) in [5.41, 5.74) is 1.43. The normalized spacial score (nSPS) is 10.6. The Morgan fingerprint density at radius 3 is 2.82 bits per heavy atom. The molecule has 0 atom stereocenters. The number of carbonyl (C=O) groups is 1. The molecule has 22 heavy (non-hydrogen) atoms. The molecule has 0 bridgehead atoms. The van der Waals surface area contributed by atoms with Crippen molar-refractivity contribution >= 4 is 61.8 Å². The first-order valence-corrected chi connectivity index (χ1v) is 8.85. The molecular weight excluding hydrogens is 338 g/mol. The summed E-state index contributed by atoms with van der Waals surface area (Å²) in [6.07, 6.45) is 2.03. The minimum atomic E-state index is -0.364. The molecule has 0 spiro atoms. The molecule has 2 amide bonds. The number of nitrogens with one attached hydrogen (secondary N) is 2. The van der Waals surface area contributed by atoms with E-state index in [1.54, 1.807) is 23.9 Å². The third-order valence-corrected chi connectivity index (χ3v) is 4.93. The Morgan fingerprint density at radius 1 is 1.23 bits per heavy atom. The zero-order chi connectivity index (χ0) is 15.5. The van der Waals surface area contributed by atoms with Gasteiger partial charge in [-0.2, -0.15) is 0 Å². The summed E-state index contributed by atoms with van der Waals surface area (Å²) in [5.74, 6) is 0. The third kappa shape index (κ3) is 3.35. The van der Waals surface area contributed by atoms with Gasteiger partial charge in [0.15, 0.2) is 5.13 Å². The number of halogens is 1. The summed E-state index contributed by atoms with van der Waals surface area (Å²) < 4.78 is 1.04. The number of thiazole rings is 1. The van der Waals surface area contributed by atoms with Crippen LogP contribution in [-0.2, 0) is 0 Å². The van der Waals surface area contributed by atoms with Gasteiger partial charge in [-0.25, -0.2) is 9.78 Å². The number of aromatic nitrogens is 1. The van der Waals surface area contributed by atoms with Crippen molar-refractivity contribution in [1.82, 2.24) is 4.98 Å². The van der Waals surface area contributed by atoms with Crippen LogP contribution >= 0.6 is 34.7 Å². The number of amides is 2. The molecule has 2 aromatic carbocycles. The van der Waals surface area contributed by atoms with Crippen LogP contribution in [0.1, 0.15) is 0 Å². The monoisotopic (exact) mass is 349 g/mol. The number of hydrogen-bond donors (Lipinski definition) is 2. The Balaban J connectivity index is 1.75. The Hall–Kier alpha value is -1.76. The second-order valence-electron chi connectivity index (χ2n) is 4.41. The maximum absolute atomic E-state index is 12.0. The van der Waals surface area contributed by atoms with Gasteiger partial charge in [-0.15, -0.1) is 11.8 Å². The van der Waals surface area contributed by atoms with Gasteiger partial charge in [0.2, 0.25) is 0 Å². The molecule has 1 heterocycles. The Morgan fingerprint density at radius 2 is 2.05 bits per heavy atom. The van der Waals surface area contributed by atoms with E-state index in [2.05, 4.69) is 21.7 Å².